The van der Waals surface area contributed by atoms with Crippen LogP contribution in [0.4, 0.5) is 10.8 Å². The SMILES string of the molecule is O=C(c1csc(NS(=O)(=O)c2ccccc2)n1)N1CCN(c2cccc(Cl)c2)CC1. The van der Waals surface area contributed by atoms with Crippen LogP contribution in [0.1, 0.15) is 10.5 Å². The van der Waals surface area contributed by atoms with Gasteiger partial charge in [0.2, 0.25) is 0 Å². The Morgan fingerprint density at radius 3 is 2.47 bits per heavy atom. The van der Waals surface area contributed by atoms with Crippen molar-refractivity contribution >= 4 is 49.7 Å². The molecule has 0 bridgehead atoms. The van der Waals surface area contributed by atoms with Crippen molar-refractivity contribution in [3.8, 4) is 0 Å². The Bertz CT molecular complexity index is 1140. The average molecular weight is 463 g/mol. The smallest absolute Gasteiger partial charge is 0.273 e. The maximum atomic E-state index is 12.8. The summed E-state index contributed by atoms with van der Waals surface area (Å²) in [4.78, 5) is 21.0. The molecule has 1 amide bonds. The molecule has 10 heteroatoms. The van der Waals surface area contributed by atoms with Gasteiger partial charge in [0.05, 0.1) is 4.90 Å². The summed E-state index contributed by atoms with van der Waals surface area (Å²) >= 11 is 7.15. The van der Waals surface area contributed by atoms with Gasteiger partial charge in [0.15, 0.2) is 5.13 Å². The number of carbonyl (C=O) groups is 1. The number of benzene rings is 2. The second-order valence-electron chi connectivity index (χ2n) is 6.72. The number of rotatable bonds is 5. The third-order valence-corrected chi connectivity index (χ3v) is 7.22. The van der Waals surface area contributed by atoms with Crippen molar-refractivity contribution < 1.29 is 13.2 Å². The molecule has 1 aliphatic heterocycles. The molecule has 30 heavy (non-hydrogen) atoms. The normalized spacial score (nSPS) is 14.6. The second kappa shape index (κ2) is 8.63. The molecule has 1 aliphatic rings. The van der Waals surface area contributed by atoms with Crippen molar-refractivity contribution in [1.82, 2.24) is 9.88 Å². The molecule has 1 N–H and O–H groups in total. The van der Waals surface area contributed by atoms with E-state index >= 15 is 0 Å². The Labute approximate surface area is 184 Å². The fraction of sp³-hybridized carbons (Fsp3) is 0.200. The summed E-state index contributed by atoms with van der Waals surface area (Å²) in [5.41, 5.74) is 1.27. The van der Waals surface area contributed by atoms with E-state index in [1.54, 1.807) is 28.5 Å². The van der Waals surface area contributed by atoms with Crippen LogP contribution in [0, 0.1) is 0 Å². The number of aromatic nitrogens is 1. The van der Waals surface area contributed by atoms with E-state index < -0.39 is 10.0 Å². The zero-order valence-electron chi connectivity index (χ0n) is 15.9. The number of halogens is 1. The Kier molecular flexibility index (Phi) is 5.94. The minimum absolute atomic E-state index is 0.144. The van der Waals surface area contributed by atoms with E-state index in [1.807, 2.05) is 24.3 Å². The highest BCUT2D eigenvalue weighted by atomic mass is 35.5. The minimum Gasteiger partial charge on any atom is -0.368 e. The molecule has 0 aliphatic carbocycles. The van der Waals surface area contributed by atoms with Crippen LogP contribution in [-0.4, -0.2) is 50.4 Å². The lowest BCUT2D eigenvalue weighted by Gasteiger charge is -2.35. The third kappa shape index (κ3) is 4.58. The fourth-order valence-corrected chi connectivity index (χ4v) is 5.34. The summed E-state index contributed by atoms with van der Waals surface area (Å²) < 4.78 is 27.3. The number of piperazine rings is 1. The number of amides is 1. The second-order valence-corrected chi connectivity index (χ2v) is 9.69. The summed E-state index contributed by atoms with van der Waals surface area (Å²) in [6.45, 7) is 2.47. The lowest BCUT2D eigenvalue weighted by molar-refractivity contribution is 0.0742. The topological polar surface area (TPSA) is 82.6 Å². The molecule has 0 atom stereocenters. The molecular formula is C20H19ClN4O3S2. The molecular weight excluding hydrogens is 444 g/mol. The number of carbonyl (C=O) groups excluding carboxylic acids is 1. The van der Waals surface area contributed by atoms with Gasteiger partial charge in [-0.25, -0.2) is 13.4 Å². The molecule has 156 valence electrons. The van der Waals surface area contributed by atoms with Gasteiger partial charge in [-0.2, -0.15) is 0 Å². The van der Waals surface area contributed by atoms with Gasteiger partial charge in [-0.05, 0) is 30.3 Å². The molecule has 2 aromatic carbocycles. The van der Waals surface area contributed by atoms with Crippen LogP contribution >= 0.6 is 22.9 Å². The maximum absolute atomic E-state index is 12.8. The average Bonchev–Trinajstić information content (AvgIpc) is 3.22. The predicted molar refractivity (Wildman–Crippen MR) is 119 cm³/mol. The van der Waals surface area contributed by atoms with E-state index in [2.05, 4.69) is 14.6 Å². The minimum atomic E-state index is -3.74. The van der Waals surface area contributed by atoms with Crippen LogP contribution in [0.15, 0.2) is 64.9 Å². The van der Waals surface area contributed by atoms with Gasteiger partial charge in [0, 0.05) is 42.3 Å². The van der Waals surface area contributed by atoms with Crippen molar-refractivity contribution in [2.75, 3.05) is 35.8 Å². The molecule has 1 saturated heterocycles. The summed E-state index contributed by atoms with van der Waals surface area (Å²) in [6, 6.07) is 15.7. The first-order valence-electron chi connectivity index (χ1n) is 9.25. The molecule has 1 aromatic heterocycles. The largest absolute Gasteiger partial charge is 0.368 e. The van der Waals surface area contributed by atoms with Gasteiger partial charge in [-0.1, -0.05) is 35.9 Å². The van der Waals surface area contributed by atoms with E-state index in [-0.39, 0.29) is 21.6 Å². The first-order chi connectivity index (χ1) is 14.4. The van der Waals surface area contributed by atoms with Crippen LogP contribution in [0.2, 0.25) is 5.02 Å². The quantitative estimate of drug-likeness (QED) is 0.626. The van der Waals surface area contributed by atoms with Gasteiger partial charge < -0.3 is 9.80 Å². The molecule has 0 radical (unpaired) electrons. The number of anilines is 2. The van der Waals surface area contributed by atoms with Gasteiger partial charge in [-0.15, -0.1) is 11.3 Å². The summed E-state index contributed by atoms with van der Waals surface area (Å²) in [6.07, 6.45) is 0. The van der Waals surface area contributed by atoms with Crippen molar-refractivity contribution in [2.24, 2.45) is 0 Å². The Balaban J connectivity index is 1.39. The standard InChI is InChI=1S/C20H19ClN4O3S2/c21-15-5-4-6-16(13-15)24-9-11-25(12-10-24)19(26)18-14-29-20(22-18)23-30(27,28)17-7-2-1-3-8-17/h1-8,13-14H,9-12H2,(H,22,23). The summed E-state index contributed by atoms with van der Waals surface area (Å²) in [5, 5.41) is 2.42. The van der Waals surface area contributed by atoms with E-state index in [4.69, 9.17) is 11.6 Å². The summed E-state index contributed by atoms with van der Waals surface area (Å²) in [7, 11) is -3.74. The number of sulfonamides is 1. The van der Waals surface area contributed by atoms with E-state index in [0.717, 1.165) is 17.0 Å². The first kappa shape index (κ1) is 20.6. The molecule has 1 fully saturated rings. The fourth-order valence-electron chi connectivity index (χ4n) is 3.19. The van der Waals surface area contributed by atoms with Gasteiger partial charge in [-0.3, -0.25) is 9.52 Å². The number of nitrogens with zero attached hydrogens (tertiary/aromatic N) is 3. The molecule has 0 saturated carbocycles. The van der Waals surface area contributed by atoms with Gasteiger partial charge in [0.25, 0.3) is 15.9 Å². The molecule has 2 heterocycles. The van der Waals surface area contributed by atoms with Crippen molar-refractivity contribution in [3.63, 3.8) is 0 Å². The highest BCUT2D eigenvalue weighted by molar-refractivity contribution is 7.93. The van der Waals surface area contributed by atoms with E-state index in [9.17, 15) is 13.2 Å². The zero-order valence-corrected chi connectivity index (χ0v) is 18.3. The molecule has 7 nitrogen and oxygen atoms in total. The highest BCUT2D eigenvalue weighted by Crippen LogP contribution is 2.23. The number of hydrogen-bond donors (Lipinski definition) is 1. The summed E-state index contributed by atoms with van der Waals surface area (Å²) in [5.74, 6) is -0.206. The predicted octanol–water partition coefficient (Wildman–Crippen LogP) is 3.56. The van der Waals surface area contributed by atoms with Crippen LogP contribution in [-0.2, 0) is 10.0 Å². The Hall–Kier alpha value is -2.62. The van der Waals surface area contributed by atoms with Crippen LogP contribution in [0.25, 0.3) is 0 Å². The van der Waals surface area contributed by atoms with Crippen molar-refractivity contribution in [3.05, 3.63) is 70.7 Å². The zero-order chi connectivity index (χ0) is 21.1. The molecule has 4 rings (SSSR count). The van der Waals surface area contributed by atoms with Gasteiger partial charge in [0.1, 0.15) is 5.69 Å². The molecule has 3 aromatic rings. The van der Waals surface area contributed by atoms with E-state index in [0.29, 0.717) is 31.2 Å². The van der Waals surface area contributed by atoms with Crippen molar-refractivity contribution in [1.29, 1.82) is 0 Å². The Morgan fingerprint density at radius 1 is 1.03 bits per heavy atom. The van der Waals surface area contributed by atoms with Crippen LogP contribution in [0.3, 0.4) is 0 Å². The van der Waals surface area contributed by atoms with Gasteiger partial charge >= 0.3 is 0 Å². The molecule has 0 unspecified atom stereocenters. The van der Waals surface area contributed by atoms with E-state index in [1.165, 1.54) is 12.1 Å². The number of hydrogen-bond acceptors (Lipinski definition) is 6. The maximum Gasteiger partial charge on any atom is 0.273 e. The lowest BCUT2D eigenvalue weighted by Crippen LogP contribution is -2.48. The Morgan fingerprint density at radius 2 is 1.77 bits per heavy atom. The highest BCUT2D eigenvalue weighted by Gasteiger charge is 2.25. The first-order valence-corrected chi connectivity index (χ1v) is 12.0. The third-order valence-electron chi connectivity index (χ3n) is 4.74. The van der Waals surface area contributed by atoms with Crippen LogP contribution < -0.4 is 9.62 Å². The number of thiazole rings is 1. The lowest BCUT2D eigenvalue weighted by atomic mass is 10.2. The monoisotopic (exact) mass is 462 g/mol. The van der Waals surface area contributed by atoms with Crippen LogP contribution in [0.5, 0.6) is 0 Å². The number of nitrogens with one attached hydrogen (secondary N) is 1. The van der Waals surface area contributed by atoms with Crippen molar-refractivity contribution in [2.45, 2.75) is 4.90 Å². The molecule has 0 spiro atoms.